The number of fused-ring (bicyclic) bond motifs is 3. The maximum atomic E-state index is 15.0. The number of benzene rings is 7. The van der Waals surface area contributed by atoms with Gasteiger partial charge in [0.05, 0.1) is 22.2 Å². The molecule has 0 fully saturated rings. The van der Waals surface area contributed by atoms with Gasteiger partial charge in [-0.25, -0.2) is 15.0 Å². The summed E-state index contributed by atoms with van der Waals surface area (Å²) in [6.45, 7) is 2.02. The van der Waals surface area contributed by atoms with Crippen LogP contribution in [-0.4, -0.2) is 19.5 Å². The summed E-state index contributed by atoms with van der Waals surface area (Å²) in [7, 11) is 0. The number of halogens is 6. The van der Waals surface area contributed by atoms with Gasteiger partial charge in [0.2, 0.25) is 0 Å². The van der Waals surface area contributed by atoms with Gasteiger partial charge in [0.15, 0.2) is 17.5 Å². The predicted molar refractivity (Wildman–Crippen MR) is 216 cm³/mol. The van der Waals surface area contributed by atoms with E-state index in [4.69, 9.17) is 15.0 Å². The lowest BCUT2D eigenvalue weighted by molar-refractivity contribution is -0.142. The van der Waals surface area contributed by atoms with Gasteiger partial charge < -0.3 is 4.57 Å². The van der Waals surface area contributed by atoms with E-state index in [0.717, 1.165) is 44.6 Å². The molecule has 2 heterocycles. The van der Waals surface area contributed by atoms with Gasteiger partial charge in [0.25, 0.3) is 0 Å². The average molecular weight is 777 g/mol. The van der Waals surface area contributed by atoms with Crippen LogP contribution < -0.4 is 0 Å². The van der Waals surface area contributed by atoms with E-state index >= 15 is 13.2 Å². The summed E-state index contributed by atoms with van der Waals surface area (Å²) in [4.78, 5) is 14.3. The SMILES string of the molecule is Cc1ccccc1-c1ccc2c3ccccc3n(-c3ccc(-c4nc(-c5ccccc5)nc(-c5ccccc5)n4)c(-c4ccc(C(F)(F)F)cc4C(F)(F)F)c3)c2c1. The molecule has 284 valence electrons. The van der Waals surface area contributed by atoms with Crippen LogP contribution in [0.5, 0.6) is 0 Å². The Kier molecular flexibility index (Phi) is 8.92. The Balaban J connectivity index is 1.36. The first-order chi connectivity index (χ1) is 27.9. The highest BCUT2D eigenvalue weighted by molar-refractivity contribution is 6.10. The van der Waals surface area contributed by atoms with Crippen molar-refractivity contribution in [3.05, 3.63) is 180 Å². The van der Waals surface area contributed by atoms with Crippen LogP contribution in [0.2, 0.25) is 0 Å². The minimum atomic E-state index is -5.15. The minimum absolute atomic E-state index is 0.0104. The Labute approximate surface area is 328 Å². The molecule has 0 spiro atoms. The summed E-state index contributed by atoms with van der Waals surface area (Å²) >= 11 is 0. The lowest BCUT2D eigenvalue weighted by Crippen LogP contribution is -2.12. The summed E-state index contributed by atoms with van der Waals surface area (Å²) in [5.41, 5.74) is 3.25. The normalized spacial score (nSPS) is 12.1. The third-order valence-electron chi connectivity index (χ3n) is 10.3. The van der Waals surface area contributed by atoms with Crippen molar-refractivity contribution in [2.24, 2.45) is 0 Å². The van der Waals surface area contributed by atoms with Crippen molar-refractivity contribution in [2.75, 3.05) is 0 Å². The molecule has 9 aromatic rings. The van der Waals surface area contributed by atoms with Crippen molar-refractivity contribution >= 4 is 21.8 Å². The highest BCUT2D eigenvalue weighted by atomic mass is 19.4. The van der Waals surface area contributed by atoms with Gasteiger partial charge in [0, 0.05) is 33.2 Å². The number of nitrogens with zero attached hydrogens (tertiary/aromatic N) is 4. The van der Waals surface area contributed by atoms with Crippen LogP contribution >= 0.6 is 0 Å². The van der Waals surface area contributed by atoms with Crippen molar-refractivity contribution in [3.8, 4) is 62.1 Å². The zero-order chi connectivity index (χ0) is 40.2. The Morgan fingerprint density at radius 3 is 1.66 bits per heavy atom. The molecule has 10 heteroatoms. The maximum Gasteiger partial charge on any atom is 0.417 e. The Morgan fingerprint density at radius 2 is 1.00 bits per heavy atom. The Morgan fingerprint density at radius 1 is 0.414 bits per heavy atom. The van der Waals surface area contributed by atoms with Crippen LogP contribution in [0.4, 0.5) is 26.3 Å². The van der Waals surface area contributed by atoms with Gasteiger partial charge in [-0.2, -0.15) is 26.3 Å². The second-order valence-corrected chi connectivity index (χ2v) is 13.9. The number of alkyl halides is 6. The molecule has 0 atom stereocenters. The molecule has 0 aliphatic carbocycles. The van der Waals surface area contributed by atoms with E-state index in [9.17, 15) is 13.2 Å². The number of para-hydroxylation sites is 1. The third-order valence-corrected chi connectivity index (χ3v) is 10.3. The second kappa shape index (κ2) is 14.1. The second-order valence-electron chi connectivity index (χ2n) is 13.9. The number of hydrogen-bond acceptors (Lipinski definition) is 3. The number of aryl methyl sites for hydroxylation is 1. The summed E-state index contributed by atoms with van der Waals surface area (Å²) < 4.78 is 89.0. The zero-order valence-corrected chi connectivity index (χ0v) is 30.6. The van der Waals surface area contributed by atoms with Crippen molar-refractivity contribution in [3.63, 3.8) is 0 Å². The first kappa shape index (κ1) is 36.6. The van der Waals surface area contributed by atoms with E-state index in [1.165, 1.54) is 0 Å². The molecular weight excluding hydrogens is 747 g/mol. The van der Waals surface area contributed by atoms with Gasteiger partial charge in [-0.05, 0) is 77.2 Å². The molecule has 0 N–H and O–H groups in total. The monoisotopic (exact) mass is 776 g/mol. The third kappa shape index (κ3) is 6.66. The number of aromatic nitrogens is 4. The largest absolute Gasteiger partial charge is 0.417 e. The molecule has 0 unspecified atom stereocenters. The van der Waals surface area contributed by atoms with Crippen molar-refractivity contribution in [2.45, 2.75) is 19.3 Å². The molecule has 9 rings (SSSR count). The molecule has 0 aliphatic rings. The van der Waals surface area contributed by atoms with E-state index in [1.54, 1.807) is 18.2 Å². The Bertz CT molecular complexity index is 2930. The molecule has 0 saturated heterocycles. The Hall–Kier alpha value is -7.07. The van der Waals surface area contributed by atoms with Gasteiger partial charge >= 0.3 is 12.4 Å². The van der Waals surface area contributed by atoms with Crippen molar-refractivity contribution < 1.29 is 26.3 Å². The molecule has 0 saturated carbocycles. The van der Waals surface area contributed by atoms with Gasteiger partial charge in [-0.1, -0.05) is 121 Å². The first-order valence-corrected chi connectivity index (χ1v) is 18.3. The van der Waals surface area contributed by atoms with E-state index in [-0.39, 0.29) is 34.7 Å². The van der Waals surface area contributed by atoms with E-state index < -0.39 is 29.0 Å². The van der Waals surface area contributed by atoms with Crippen LogP contribution in [0.1, 0.15) is 16.7 Å². The molecular formula is C48H30F6N4. The summed E-state index contributed by atoms with van der Waals surface area (Å²) in [5, 5.41) is 1.84. The lowest BCUT2D eigenvalue weighted by atomic mass is 9.92. The standard InChI is InChI=1S/C48H30F6N4/c1-29-12-8-9-17-35(29)32-20-23-38-37-18-10-11-19-42(37)58(43(38)26-32)34-22-25-39(40(28-34)36-24-21-33(47(49,50)51)27-41(36)48(52,53)54)46-56-44(30-13-4-2-5-14-30)55-45(57-46)31-15-6-3-7-16-31/h2-28H,1H3. The van der Waals surface area contributed by atoms with Gasteiger partial charge in [-0.3, -0.25) is 0 Å². The fraction of sp³-hybridized carbons (Fsp3) is 0.0625. The smallest absolute Gasteiger partial charge is 0.309 e. The van der Waals surface area contributed by atoms with Crippen LogP contribution in [0.25, 0.3) is 83.9 Å². The van der Waals surface area contributed by atoms with Crippen LogP contribution in [0, 0.1) is 6.92 Å². The van der Waals surface area contributed by atoms with Crippen LogP contribution in [-0.2, 0) is 12.4 Å². The highest BCUT2D eigenvalue weighted by Crippen LogP contribution is 2.45. The molecule has 2 aromatic heterocycles. The zero-order valence-electron chi connectivity index (χ0n) is 30.6. The van der Waals surface area contributed by atoms with E-state index in [0.29, 0.717) is 22.9 Å². The molecule has 0 aliphatic heterocycles. The van der Waals surface area contributed by atoms with Gasteiger partial charge in [0.1, 0.15) is 0 Å². The molecule has 0 bridgehead atoms. The van der Waals surface area contributed by atoms with Crippen LogP contribution in [0.15, 0.2) is 164 Å². The predicted octanol–water partition coefficient (Wildman–Crippen LogP) is 13.6. The summed E-state index contributed by atoms with van der Waals surface area (Å²) in [5.74, 6) is 0.592. The van der Waals surface area contributed by atoms with E-state index in [2.05, 4.69) is 6.07 Å². The highest BCUT2D eigenvalue weighted by Gasteiger charge is 2.39. The molecule has 0 amide bonds. The van der Waals surface area contributed by atoms with Crippen molar-refractivity contribution in [1.82, 2.24) is 19.5 Å². The summed E-state index contributed by atoms with van der Waals surface area (Å²) in [6.07, 6.45) is -10.2. The van der Waals surface area contributed by atoms with E-state index in [1.807, 2.05) is 133 Å². The maximum absolute atomic E-state index is 15.0. The number of hydrogen-bond donors (Lipinski definition) is 0. The first-order valence-electron chi connectivity index (χ1n) is 18.3. The number of rotatable bonds is 6. The fourth-order valence-corrected chi connectivity index (χ4v) is 7.52. The topological polar surface area (TPSA) is 43.6 Å². The lowest BCUT2D eigenvalue weighted by Gasteiger charge is -2.20. The van der Waals surface area contributed by atoms with Gasteiger partial charge in [-0.15, -0.1) is 0 Å². The molecule has 58 heavy (non-hydrogen) atoms. The molecule has 7 aromatic carbocycles. The summed E-state index contributed by atoms with van der Waals surface area (Å²) in [6, 6.07) is 46.7. The molecule has 0 radical (unpaired) electrons. The average Bonchev–Trinajstić information content (AvgIpc) is 3.57. The molecule has 4 nitrogen and oxygen atoms in total. The quantitative estimate of drug-likeness (QED) is 0.158. The van der Waals surface area contributed by atoms with Crippen molar-refractivity contribution in [1.29, 1.82) is 0 Å². The van der Waals surface area contributed by atoms with Crippen LogP contribution in [0.3, 0.4) is 0 Å². The minimum Gasteiger partial charge on any atom is -0.309 e. The fourth-order valence-electron chi connectivity index (χ4n) is 7.52.